The number of nitrogens with one attached hydrogen (secondary N) is 1. The first-order valence-electron chi connectivity index (χ1n) is 7.55. The summed E-state index contributed by atoms with van der Waals surface area (Å²) in [5.74, 6) is 0.489. The molecule has 0 aromatic carbocycles. The van der Waals surface area contributed by atoms with Crippen molar-refractivity contribution in [2.45, 2.75) is 25.7 Å². The van der Waals surface area contributed by atoms with E-state index in [9.17, 15) is 13.5 Å². The molecule has 2 unspecified atom stereocenters. The predicted molar refractivity (Wildman–Crippen MR) is 78.5 cm³/mol. The highest BCUT2D eigenvalue weighted by Gasteiger charge is 2.29. The minimum atomic E-state index is -3.39. The van der Waals surface area contributed by atoms with Crippen LogP contribution >= 0.6 is 0 Å². The van der Waals surface area contributed by atoms with Crippen molar-refractivity contribution in [3.05, 3.63) is 0 Å². The molecule has 20 heavy (non-hydrogen) atoms. The van der Waals surface area contributed by atoms with Gasteiger partial charge in [0.2, 0.25) is 0 Å². The molecule has 7 heteroatoms. The number of aliphatic hydroxyl groups excluding tert-OH is 1. The third-order valence-corrected chi connectivity index (χ3v) is 5.90. The average molecular weight is 305 g/mol. The van der Waals surface area contributed by atoms with Crippen molar-refractivity contribution in [3.63, 3.8) is 0 Å². The predicted octanol–water partition coefficient (Wildman–Crippen LogP) is -0.133. The molecular weight excluding hydrogens is 278 g/mol. The van der Waals surface area contributed by atoms with Crippen molar-refractivity contribution in [1.82, 2.24) is 13.9 Å². The topological polar surface area (TPSA) is 72.9 Å². The highest BCUT2D eigenvalue weighted by molar-refractivity contribution is 7.87. The Hall–Kier alpha value is -0.210. The van der Waals surface area contributed by atoms with E-state index < -0.39 is 10.2 Å². The molecule has 2 aliphatic heterocycles. The molecule has 0 bridgehead atoms. The maximum Gasteiger partial charge on any atom is 0.279 e. The van der Waals surface area contributed by atoms with E-state index >= 15 is 0 Å². The normalized spacial score (nSPS) is 30.5. The van der Waals surface area contributed by atoms with Crippen LogP contribution in [-0.2, 0) is 10.2 Å². The van der Waals surface area contributed by atoms with E-state index in [0.29, 0.717) is 25.6 Å². The summed E-state index contributed by atoms with van der Waals surface area (Å²) in [5.41, 5.74) is 0. The van der Waals surface area contributed by atoms with Crippen molar-refractivity contribution in [3.8, 4) is 0 Å². The van der Waals surface area contributed by atoms with Gasteiger partial charge in [-0.05, 0) is 51.1 Å². The number of aliphatic hydroxyl groups is 1. The Kier molecular flexibility index (Phi) is 5.80. The summed E-state index contributed by atoms with van der Waals surface area (Å²) in [4.78, 5) is 2.26. The molecule has 2 rings (SSSR count). The number of piperidine rings is 2. The number of hydrogen-bond acceptors (Lipinski definition) is 4. The van der Waals surface area contributed by atoms with Gasteiger partial charge >= 0.3 is 0 Å². The van der Waals surface area contributed by atoms with Crippen LogP contribution in [0.4, 0.5) is 0 Å². The van der Waals surface area contributed by atoms with Gasteiger partial charge in [-0.1, -0.05) is 0 Å². The molecule has 118 valence electrons. The van der Waals surface area contributed by atoms with Crippen LogP contribution in [0.5, 0.6) is 0 Å². The molecule has 2 saturated heterocycles. The zero-order chi connectivity index (χ0) is 14.6. The third-order valence-electron chi connectivity index (χ3n) is 4.36. The van der Waals surface area contributed by atoms with Crippen LogP contribution in [0.3, 0.4) is 0 Å². The Morgan fingerprint density at radius 1 is 1.15 bits per heavy atom. The van der Waals surface area contributed by atoms with Crippen LogP contribution in [-0.4, -0.2) is 69.1 Å². The number of hydrogen-bond donors (Lipinski definition) is 2. The fraction of sp³-hybridized carbons (Fsp3) is 1.00. The van der Waals surface area contributed by atoms with Gasteiger partial charge in [0.1, 0.15) is 0 Å². The van der Waals surface area contributed by atoms with E-state index in [1.165, 1.54) is 4.31 Å². The largest absolute Gasteiger partial charge is 0.396 e. The molecule has 0 aromatic rings. The van der Waals surface area contributed by atoms with Crippen LogP contribution in [0.25, 0.3) is 0 Å². The maximum absolute atomic E-state index is 12.3. The Morgan fingerprint density at radius 3 is 2.55 bits per heavy atom. The lowest BCUT2D eigenvalue weighted by Crippen LogP contribution is -2.48. The zero-order valence-corrected chi connectivity index (χ0v) is 13.1. The summed E-state index contributed by atoms with van der Waals surface area (Å²) in [7, 11) is -1.31. The standard InChI is InChI=1S/C13H27N3O3S/c1-15-6-2-4-12(9-15)8-14-20(18,19)16-7-3-5-13(10-16)11-17/h12-14,17H,2-11H2,1H3. The summed E-state index contributed by atoms with van der Waals surface area (Å²) >= 11 is 0. The number of nitrogens with zero attached hydrogens (tertiary/aromatic N) is 2. The van der Waals surface area contributed by atoms with Gasteiger partial charge in [0.05, 0.1) is 0 Å². The molecule has 2 aliphatic rings. The molecule has 2 heterocycles. The fourth-order valence-electron chi connectivity index (χ4n) is 3.15. The number of likely N-dealkylation sites (tertiary alicyclic amines) is 1. The van der Waals surface area contributed by atoms with E-state index in [0.717, 1.165) is 38.8 Å². The van der Waals surface area contributed by atoms with Gasteiger partial charge in [0, 0.05) is 32.8 Å². The van der Waals surface area contributed by atoms with Crippen molar-refractivity contribution in [2.24, 2.45) is 11.8 Å². The first-order chi connectivity index (χ1) is 9.51. The van der Waals surface area contributed by atoms with Crippen LogP contribution in [0, 0.1) is 11.8 Å². The lowest BCUT2D eigenvalue weighted by molar-refractivity contribution is 0.164. The lowest BCUT2D eigenvalue weighted by Gasteiger charge is -2.33. The molecule has 2 fully saturated rings. The van der Waals surface area contributed by atoms with Gasteiger partial charge in [-0.25, -0.2) is 4.72 Å². The third kappa shape index (κ3) is 4.39. The van der Waals surface area contributed by atoms with Crippen LogP contribution in [0.1, 0.15) is 25.7 Å². The molecule has 0 saturated carbocycles. The fourth-order valence-corrected chi connectivity index (χ4v) is 4.55. The molecule has 0 aromatic heterocycles. The molecule has 0 amide bonds. The minimum Gasteiger partial charge on any atom is -0.396 e. The second-order valence-corrected chi connectivity index (χ2v) is 7.93. The van der Waals surface area contributed by atoms with Crippen LogP contribution in [0.2, 0.25) is 0 Å². The maximum atomic E-state index is 12.3. The Balaban J connectivity index is 1.84. The SMILES string of the molecule is CN1CCCC(CNS(=O)(=O)N2CCCC(CO)C2)C1. The van der Waals surface area contributed by atoms with E-state index in [1.807, 2.05) is 0 Å². The van der Waals surface area contributed by atoms with Crippen molar-refractivity contribution >= 4 is 10.2 Å². The van der Waals surface area contributed by atoms with Crippen molar-refractivity contribution in [1.29, 1.82) is 0 Å². The smallest absolute Gasteiger partial charge is 0.279 e. The summed E-state index contributed by atoms with van der Waals surface area (Å²) in [5, 5.41) is 9.19. The Bertz CT molecular complexity index is 402. The van der Waals surface area contributed by atoms with Gasteiger partial charge < -0.3 is 10.0 Å². The summed E-state index contributed by atoms with van der Waals surface area (Å²) in [6, 6.07) is 0. The van der Waals surface area contributed by atoms with E-state index in [4.69, 9.17) is 0 Å². The molecule has 2 N–H and O–H groups in total. The van der Waals surface area contributed by atoms with Crippen molar-refractivity contribution in [2.75, 3.05) is 46.4 Å². The summed E-state index contributed by atoms with van der Waals surface area (Å²) in [6.45, 7) is 3.66. The monoisotopic (exact) mass is 305 g/mol. The molecule has 0 spiro atoms. The van der Waals surface area contributed by atoms with Gasteiger partial charge in [-0.3, -0.25) is 0 Å². The van der Waals surface area contributed by atoms with E-state index in [1.54, 1.807) is 0 Å². The first kappa shape index (κ1) is 16.2. The Labute approximate surface area is 122 Å². The molecule has 2 atom stereocenters. The molecular formula is C13H27N3O3S. The number of rotatable bonds is 5. The second kappa shape index (κ2) is 7.17. The lowest BCUT2D eigenvalue weighted by atomic mass is 9.99. The van der Waals surface area contributed by atoms with Gasteiger partial charge in [-0.15, -0.1) is 0 Å². The van der Waals surface area contributed by atoms with Gasteiger partial charge in [-0.2, -0.15) is 12.7 Å². The zero-order valence-electron chi connectivity index (χ0n) is 12.3. The van der Waals surface area contributed by atoms with Gasteiger partial charge in [0.25, 0.3) is 10.2 Å². The minimum absolute atomic E-state index is 0.0689. The Morgan fingerprint density at radius 2 is 1.85 bits per heavy atom. The van der Waals surface area contributed by atoms with Crippen LogP contribution < -0.4 is 4.72 Å². The first-order valence-corrected chi connectivity index (χ1v) is 8.99. The summed E-state index contributed by atoms with van der Waals surface area (Å²) in [6.07, 6.45) is 3.97. The quantitative estimate of drug-likeness (QED) is 0.742. The summed E-state index contributed by atoms with van der Waals surface area (Å²) < 4.78 is 28.8. The molecule has 0 radical (unpaired) electrons. The van der Waals surface area contributed by atoms with Gasteiger partial charge in [0.15, 0.2) is 0 Å². The van der Waals surface area contributed by atoms with Crippen molar-refractivity contribution < 1.29 is 13.5 Å². The van der Waals surface area contributed by atoms with E-state index in [2.05, 4.69) is 16.7 Å². The average Bonchev–Trinajstić information content (AvgIpc) is 2.45. The van der Waals surface area contributed by atoms with Crippen LogP contribution in [0.15, 0.2) is 0 Å². The second-order valence-electron chi connectivity index (χ2n) is 6.17. The highest BCUT2D eigenvalue weighted by Crippen LogP contribution is 2.19. The molecule has 0 aliphatic carbocycles. The molecule has 6 nitrogen and oxygen atoms in total. The highest BCUT2D eigenvalue weighted by atomic mass is 32.2. The van der Waals surface area contributed by atoms with E-state index in [-0.39, 0.29) is 12.5 Å².